The van der Waals surface area contributed by atoms with Gasteiger partial charge in [-0.1, -0.05) is 18.9 Å². The van der Waals surface area contributed by atoms with Crippen LogP contribution < -0.4 is 5.32 Å². The van der Waals surface area contributed by atoms with Crippen LogP contribution in [0, 0.1) is 5.92 Å². The minimum atomic E-state index is -0.0425. The highest BCUT2D eigenvalue weighted by molar-refractivity contribution is 7.10. The second kappa shape index (κ2) is 5.61. The van der Waals surface area contributed by atoms with E-state index in [1.54, 1.807) is 17.4 Å². The first-order valence-electron chi connectivity index (χ1n) is 6.71. The third-order valence-corrected chi connectivity index (χ3v) is 4.75. The van der Waals surface area contributed by atoms with Crippen molar-refractivity contribution in [1.82, 2.24) is 5.32 Å². The van der Waals surface area contributed by atoms with E-state index in [0.29, 0.717) is 11.5 Å². The Labute approximate surface area is 116 Å². The molecule has 1 atom stereocenters. The Morgan fingerprint density at radius 3 is 2.84 bits per heavy atom. The molecule has 0 aliphatic heterocycles. The molecule has 100 valence electrons. The topological polar surface area (TPSA) is 42.2 Å². The smallest absolute Gasteiger partial charge is 0.255 e. The molecular formula is C15H17NO2S. The summed E-state index contributed by atoms with van der Waals surface area (Å²) in [6.45, 7) is 0. The van der Waals surface area contributed by atoms with Gasteiger partial charge in [-0.25, -0.2) is 0 Å². The third kappa shape index (κ3) is 2.73. The number of thiophene rings is 1. The molecule has 0 unspecified atom stereocenters. The Hall–Kier alpha value is -1.55. The molecule has 1 saturated carbocycles. The molecule has 3 rings (SSSR count). The number of carbonyl (C=O) groups excluding carboxylic acids is 1. The van der Waals surface area contributed by atoms with Crippen LogP contribution in [0.1, 0.15) is 47.0 Å². The number of nitrogens with one attached hydrogen (secondary N) is 1. The Bertz CT molecular complexity index is 512. The number of amides is 1. The van der Waals surface area contributed by atoms with Crippen LogP contribution in [0.3, 0.4) is 0 Å². The molecule has 3 nitrogen and oxygen atoms in total. The first kappa shape index (κ1) is 12.5. The van der Waals surface area contributed by atoms with Gasteiger partial charge in [0.05, 0.1) is 17.9 Å². The summed E-state index contributed by atoms with van der Waals surface area (Å²) >= 11 is 1.72. The molecule has 1 amide bonds. The second-order valence-corrected chi connectivity index (χ2v) is 6.00. The summed E-state index contributed by atoms with van der Waals surface area (Å²) in [7, 11) is 0. The minimum absolute atomic E-state index is 0.0425. The van der Waals surface area contributed by atoms with Crippen LogP contribution in [-0.2, 0) is 0 Å². The summed E-state index contributed by atoms with van der Waals surface area (Å²) in [5.41, 5.74) is 0.597. The van der Waals surface area contributed by atoms with Crippen LogP contribution in [0.25, 0.3) is 0 Å². The Balaban J connectivity index is 1.77. The summed E-state index contributed by atoms with van der Waals surface area (Å²) in [6.07, 6.45) is 7.98. The highest BCUT2D eigenvalue weighted by Crippen LogP contribution is 2.37. The van der Waals surface area contributed by atoms with Gasteiger partial charge in [0.15, 0.2) is 0 Å². The summed E-state index contributed by atoms with van der Waals surface area (Å²) < 4.78 is 4.98. The van der Waals surface area contributed by atoms with Gasteiger partial charge in [0, 0.05) is 4.88 Å². The average molecular weight is 275 g/mol. The quantitative estimate of drug-likeness (QED) is 0.916. The van der Waals surface area contributed by atoms with Crippen molar-refractivity contribution in [2.24, 2.45) is 5.92 Å². The summed E-state index contributed by atoms with van der Waals surface area (Å²) in [4.78, 5) is 13.5. The van der Waals surface area contributed by atoms with Crippen molar-refractivity contribution < 1.29 is 9.21 Å². The fourth-order valence-electron chi connectivity index (χ4n) is 2.80. The lowest BCUT2D eigenvalue weighted by Crippen LogP contribution is -2.32. The normalized spacial score (nSPS) is 17.5. The third-order valence-electron chi connectivity index (χ3n) is 3.79. The van der Waals surface area contributed by atoms with Crippen molar-refractivity contribution in [3.8, 4) is 0 Å². The first-order chi connectivity index (χ1) is 9.34. The van der Waals surface area contributed by atoms with Crippen LogP contribution in [0.4, 0.5) is 0 Å². The van der Waals surface area contributed by atoms with Gasteiger partial charge in [-0.15, -0.1) is 11.3 Å². The molecule has 1 aliphatic carbocycles. The number of carbonyl (C=O) groups is 1. The Kier molecular flexibility index (Phi) is 3.69. The van der Waals surface area contributed by atoms with E-state index in [0.717, 1.165) is 0 Å². The molecule has 4 heteroatoms. The van der Waals surface area contributed by atoms with Gasteiger partial charge in [-0.2, -0.15) is 0 Å². The SMILES string of the molecule is O=C(N[C@H](c1cccs1)C1CCCC1)c1ccoc1. The van der Waals surface area contributed by atoms with E-state index in [1.807, 2.05) is 6.07 Å². The predicted molar refractivity (Wildman–Crippen MR) is 75.2 cm³/mol. The van der Waals surface area contributed by atoms with Crippen molar-refractivity contribution in [3.05, 3.63) is 46.5 Å². The van der Waals surface area contributed by atoms with E-state index in [-0.39, 0.29) is 11.9 Å². The standard InChI is InChI=1S/C15H17NO2S/c17-15(12-7-8-18-10-12)16-14(11-4-1-2-5-11)13-6-3-9-19-13/h3,6-11,14H,1-2,4-5H2,(H,16,17)/t14-/m0/s1. The average Bonchev–Trinajstić information content (AvgIpc) is 3.17. The molecule has 2 heterocycles. The van der Waals surface area contributed by atoms with Crippen molar-refractivity contribution in [2.45, 2.75) is 31.7 Å². The Morgan fingerprint density at radius 1 is 1.37 bits per heavy atom. The number of furan rings is 1. The van der Waals surface area contributed by atoms with E-state index in [2.05, 4.69) is 16.8 Å². The highest BCUT2D eigenvalue weighted by atomic mass is 32.1. The fourth-order valence-corrected chi connectivity index (χ4v) is 3.67. The molecular weight excluding hydrogens is 258 g/mol. The van der Waals surface area contributed by atoms with Crippen LogP contribution in [0.5, 0.6) is 0 Å². The molecule has 1 fully saturated rings. The lowest BCUT2D eigenvalue weighted by molar-refractivity contribution is 0.0922. The van der Waals surface area contributed by atoms with E-state index in [9.17, 15) is 4.79 Å². The van der Waals surface area contributed by atoms with E-state index < -0.39 is 0 Å². The van der Waals surface area contributed by atoms with Crippen LogP contribution in [0.15, 0.2) is 40.5 Å². The molecule has 1 N–H and O–H groups in total. The predicted octanol–water partition coefficient (Wildman–Crippen LogP) is 4.00. The Morgan fingerprint density at radius 2 is 2.21 bits per heavy atom. The second-order valence-electron chi connectivity index (χ2n) is 5.02. The van der Waals surface area contributed by atoms with Crippen LogP contribution in [0.2, 0.25) is 0 Å². The fraction of sp³-hybridized carbons (Fsp3) is 0.400. The molecule has 0 saturated heterocycles. The van der Waals surface area contributed by atoms with Gasteiger partial charge in [0.2, 0.25) is 0 Å². The van der Waals surface area contributed by atoms with Gasteiger partial charge in [-0.3, -0.25) is 4.79 Å². The largest absolute Gasteiger partial charge is 0.472 e. The molecule has 0 bridgehead atoms. The molecule has 0 aromatic carbocycles. The van der Waals surface area contributed by atoms with Gasteiger partial charge < -0.3 is 9.73 Å². The molecule has 19 heavy (non-hydrogen) atoms. The molecule has 2 aromatic rings. The van der Waals surface area contributed by atoms with E-state index in [4.69, 9.17) is 4.42 Å². The monoisotopic (exact) mass is 275 g/mol. The number of hydrogen-bond donors (Lipinski definition) is 1. The molecule has 2 aromatic heterocycles. The zero-order chi connectivity index (χ0) is 13.1. The maximum Gasteiger partial charge on any atom is 0.255 e. The zero-order valence-electron chi connectivity index (χ0n) is 10.7. The first-order valence-corrected chi connectivity index (χ1v) is 7.59. The van der Waals surface area contributed by atoms with Crippen molar-refractivity contribution in [2.75, 3.05) is 0 Å². The van der Waals surface area contributed by atoms with Crippen molar-refractivity contribution >= 4 is 17.2 Å². The van der Waals surface area contributed by atoms with Crippen molar-refractivity contribution in [1.29, 1.82) is 0 Å². The molecule has 1 aliphatic rings. The maximum atomic E-state index is 12.2. The van der Waals surface area contributed by atoms with E-state index in [1.165, 1.54) is 43.1 Å². The summed E-state index contributed by atoms with van der Waals surface area (Å²) in [6, 6.07) is 6.01. The maximum absolute atomic E-state index is 12.2. The van der Waals surface area contributed by atoms with Crippen LogP contribution >= 0.6 is 11.3 Å². The van der Waals surface area contributed by atoms with Gasteiger partial charge in [-0.05, 0) is 36.3 Å². The minimum Gasteiger partial charge on any atom is -0.472 e. The summed E-state index contributed by atoms with van der Waals surface area (Å²) in [5, 5.41) is 5.25. The molecule has 0 spiro atoms. The lowest BCUT2D eigenvalue weighted by atomic mass is 9.96. The van der Waals surface area contributed by atoms with Crippen molar-refractivity contribution in [3.63, 3.8) is 0 Å². The van der Waals surface area contributed by atoms with Gasteiger partial charge in [0.25, 0.3) is 5.91 Å². The van der Waals surface area contributed by atoms with E-state index >= 15 is 0 Å². The summed E-state index contributed by atoms with van der Waals surface area (Å²) in [5.74, 6) is 0.522. The number of rotatable bonds is 4. The molecule has 0 radical (unpaired) electrons. The zero-order valence-corrected chi connectivity index (χ0v) is 11.5. The highest BCUT2D eigenvalue weighted by Gasteiger charge is 2.28. The number of hydrogen-bond acceptors (Lipinski definition) is 3. The lowest BCUT2D eigenvalue weighted by Gasteiger charge is -2.23. The van der Waals surface area contributed by atoms with Gasteiger partial charge >= 0.3 is 0 Å². The van der Waals surface area contributed by atoms with Gasteiger partial charge in [0.1, 0.15) is 6.26 Å². The van der Waals surface area contributed by atoms with Crippen LogP contribution in [-0.4, -0.2) is 5.91 Å².